The smallest absolute Gasteiger partial charge is 0.220 e. The number of carbonyl (C=O) groups excluding carboxylic acids is 1. The van der Waals surface area contributed by atoms with Crippen LogP contribution in [-0.2, 0) is 11.2 Å². The largest absolute Gasteiger partial charge is 0.357 e. The van der Waals surface area contributed by atoms with Crippen molar-refractivity contribution in [3.63, 3.8) is 0 Å². The fourth-order valence-corrected chi connectivity index (χ4v) is 3.21. The molecule has 0 spiro atoms. The lowest BCUT2D eigenvalue weighted by Gasteiger charge is -2.13. The zero-order valence-corrected chi connectivity index (χ0v) is 18.1. The lowest BCUT2D eigenvalue weighted by atomic mass is 10.0. The summed E-state index contributed by atoms with van der Waals surface area (Å²) in [6.07, 6.45) is 6.60. The second-order valence-corrected chi connectivity index (χ2v) is 6.63. The van der Waals surface area contributed by atoms with Gasteiger partial charge in [0.05, 0.1) is 0 Å². The first kappa shape index (κ1) is 22.7. The van der Waals surface area contributed by atoms with Gasteiger partial charge in [-0.1, -0.05) is 43.2 Å². The zero-order valence-electron chi connectivity index (χ0n) is 15.8. The van der Waals surface area contributed by atoms with Crippen LogP contribution in [0.3, 0.4) is 0 Å². The van der Waals surface area contributed by atoms with E-state index in [0.29, 0.717) is 25.4 Å². The molecule has 1 amide bonds. The molecule has 0 aliphatic heterocycles. The standard InChI is InChI=1S/C20H32N4O.HI/c1-2-21-20(23-13-12-17-8-4-3-5-9-17)24-15-14-22-19(25)16-18-10-6-7-11-18;/h3-5,8-9,18H,2,6-7,10-16H2,1H3,(H,22,25)(H2,21,23,24);1H. The third kappa shape index (κ3) is 9.40. The summed E-state index contributed by atoms with van der Waals surface area (Å²) in [4.78, 5) is 16.5. The van der Waals surface area contributed by atoms with Crippen molar-refractivity contribution in [1.82, 2.24) is 16.0 Å². The number of nitrogens with zero attached hydrogens (tertiary/aromatic N) is 1. The molecule has 3 N–H and O–H groups in total. The van der Waals surface area contributed by atoms with E-state index in [1.807, 2.05) is 6.07 Å². The average Bonchev–Trinajstić information content (AvgIpc) is 3.12. The quantitative estimate of drug-likeness (QED) is 0.224. The molecule has 6 heteroatoms. The summed E-state index contributed by atoms with van der Waals surface area (Å²) in [5.74, 6) is 1.59. The first-order chi connectivity index (χ1) is 12.3. The van der Waals surface area contributed by atoms with Crippen molar-refractivity contribution in [2.24, 2.45) is 10.9 Å². The molecule has 1 aliphatic rings. The minimum absolute atomic E-state index is 0. The van der Waals surface area contributed by atoms with Crippen LogP contribution in [0, 0.1) is 5.92 Å². The number of amides is 1. The Kier molecular flexibility index (Phi) is 12.1. The predicted molar refractivity (Wildman–Crippen MR) is 119 cm³/mol. The fraction of sp³-hybridized carbons (Fsp3) is 0.600. The minimum Gasteiger partial charge on any atom is -0.357 e. The second kappa shape index (κ2) is 13.8. The van der Waals surface area contributed by atoms with Crippen LogP contribution in [0.1, 0.15) is 44.6 Å². The van der Waals surface area contributed by atoms with Crippen LogP contribution >= 0.6 is 24.0 Å². The molecule has 0 bridgehead atoms. The second-order valence-electron chi connectivity index (χ2n) is 6.63. The van der Waals surface area contributed by atoms with Crippen molar-refractivity contribution in [3.8, 4) is 0 Å². The molecule has 1 aromatic rings. The normalized spacial score (nSPS) is 14.6. The number of aliphatic imine (C=N–C) groups is 1. The number of hydrogen-bond acceptors (Lipinski definition) is 2. The van der Waals surface area contributed by atoms with Gasteiger partial charge in [-0.2, -0.15) is 0 Å². The van der Waals surface area contributed by atoms with Gasteiger partial charge in [-0.25, -0.2) is 0 Å². The molecule has 0 heterocycles. The number of nitrogens with one attached hydrogen (secondary N) is 3. The lowest BCUT2D eigenvalue weighted by Crippen LogP contribution is -2.41. The van der Waals surface area contributed by atoms with Crippen molar-refractivity contribution < 1.29 is 4.79 Å². The van der Waals surface area contributed by atoms with Gasteiger partial charge in [-0.3, -0.25) is 9.79 Å². The molecule has 1 aliphatic carbocycles. The topological polar surface area (TPSA) is 65.5 Å². The van der Waals surface area contributed by atoms with Crippen molar-refractivity contribution in [1.29, 1.82) is 0 Å². The summed E-state index contributed by atoms with van der Waals surface area (Å²) in [7, 11) is 0. The predicted octanol–water partition coefficient (Wildman–Crippen LogP) is 3.10. The molecule has 146 valence electrons. The maximum atomic E-state index is 11.9. The Morgan fingerprint density at radius 3 is 2.46 bits per heavy atom. The minimum atomic E-state index is 0. The van der Waals surface area contributed by atoms with E-state index in [1.54, 1.807) is 0 Å². The van der Waals surface area contributed by atoms with E-state index in [9.17, 15) is 4.79 Å². The highest BCUT2D eigenvalue weighted by molar-refractivity contribution is 14.0. The Bertz CT molecular complexity index is 530. The Balaban J connectivity index is 0.00000338. The van der Waals surface area contributed by atoms with Crippen LogP contribution in [0.5, 0.6) is 0 Å². The molecule has 2 rings (SSSR count). The maximum absolute atomic E-state index is 11.9. The molecule has 0 unspecified atom stereocenters. The van der Waals surface area contributed by atoms with Crippen LogP contribution in [0.15, 0.2) is 35.3 Å². The molecule has 1 saturated carbocycles. The molecular formula is C20H33IN4O. The fourth-order valence-electron chi connectivity index (χ4n) is 3.21. The summed E-state index contributed by atoms with van der Waals surface area (Å²) < 4.78 is 0. The van der Waals surface area contributed by atoms with Crippen LogP contribution in [0.25, 0.3) is 0 Å². The third-order valence-corrected chi connectivity index (χ3v) is 4.55. The van der Waals surface area contributed by atoms with E-state index < -0.39 is 0 Å². The van der Waals surface area contributed by atoms with E-state index >= 15 is 0 Å². The van der Waals surface area contributed by atoms with Gasteiger partial charge in [-0.15, -0.1) is 24.0 Å². The molecular weight excluding hydrogens is 439 g/mol. The van der Waals surface area contributed by atoms with Crippen molar-refractivity contribution >= 4 is 35.8 Å². The molecule has 0 radical (unpaired) electrons. The van der Waals surface area contributed by atoms with Gasteiger partial charge in [0.25, 0.3) is 0 Å². The van der Waals surface area contributed by atoms with E-state index in [2.05, 4.69) is 52.1 Å². The third-order valence-electron chi connectivity index (χ3n) is 4.55. The first-order valence-corrected chi connectivity index (χ1v) is 9.60. The number of guanidine groups is 1. The Morgan fingerprint density at radius 2 is 1.77 bits per heavy atom. The van der Waals surface area contributed by atoms with Gasteiger partial charge in [-0.05, 0) is 37.7 Å². The number of hydrogen-bond donors (Lipinski definition) is 3. The monoisotopic (exact) mass is 472 g/mol. The highest BCUT2D eigenvalue weighted by Gasteiger charge is 2.17. The van der Waals surface area contributed by atoms with Gasteiger partial charge >= 0.3 is 0 Å². The van der Waals surface area contributed by atoms with Gasteiger partial charge in [0, 0.05) is 32.6 Å². The lowest BCUT2D eigenvalue weighted by molar-refractivity contribution is -0.121. The van der Waals surface area contributed by atoms with Crippen LogP contribution in [-0.4, -0.2) is 38.0 Å². The van der Waals surface area contributed by atoms with Gasteiger partial charge in [0.1, 0.15) is 0 Å². The highest BCUT2D eigenvalue weighted by atomic mass is 127. The summed E-state index contributed by atoms with van der Waals surface area (Å²) >= 11 is 0. The molecule has 5 nitrogen and oxygen atoms in total. The molecule has 0 atom stereocenters. The summed E-state index contributed by atoms with van der Waals surface area (Å²) in [6, 6.07) is 10.4. The van der Waals surface area contributed by atoms with Crippen LogP contribution in [0.2, 0.25) is 0 Å². The van der Waals surface area contributed by atoms with Crippen LogP contribution < -0.4 is 16.0 Å². The van der Waals surface area contributed by atoms with E-state index in [-0.39, 0.29) is 29.9 Å². The molecule has 26 heavy (non-hydrogen) atoms. The van der Waals surface area contributed by atoms with E-state index in [4.69, 9.17) is 0 Å². The van der Waals surface area contributed by atoms with E-state index in [0.717, 1.165) is 25.5 Å². The number of benzene rings is 1. The molecule has 0 saturated heterocycles. The van der Waals surface area contributed by atoms with Gasteiger partial charge < -0.3 is 16.0 Å². The van der Waals surface area contributed by atoms with Crippen molar-refractivity contribution in [3.05, 3.63) is 35.9 Å². The van der Waals surface area contributed by atoms with Gasteiger partial charge in [0.2, 0.25) is 5.91 Å². The van der Waals surface area contributed by atoms with E-state index in [1.165, 1.54) is 31.2 Å². The maximum Gasteiger partial charge on any atom is 0.220 e. The SMILES string of the molecule is CCNC(=NCCc1ccccc1)NCCNC(=O)CC1CCCC1.I. The van der Waals surface area contributed by atoms with Crippen molar-refractivity contribution in [2.45, 2.75) is 45.4 Å². The van der Waals surface area contributed by atoms with Crippen molar-refractivity contribution in [2.75, 3.05) is 26.2 Å². The van der Waals surface area contributed by atoms with Crippen LogP contribution in [0.4, 0.5) is 0 Å². The number of rotatable bonds is 9. The number of halogens is 1. The Morgan fingerprint density at radius 1 is 1.08 bits per heavy atom. The zero-order chi connectivity index (χ0) is 17.7. The number of carbonyl (C=O) groups is 1. The average molecular weight is 472 g/mol. The molecule has 1 aromatic carbocycles. The summed E-state index contributed by atoms with van der Waals surface area (Å²) in [6.45, 7) is 4.94. The summed E-state index contributed by atoms with van der Waals surface area (Å²) in [5.41, 5.74) is 1.29. The summed E-state index contributed by atoms with van der Waals surface area (Å²) in [5, 5.41) is 9.53. The highest BCUT2D eigenvalue weighted by Crippen LogP contribution is 2.27. The first-order valence-electron chi connectivity index (χ1n) is 9.60. The Labute approximate surface area is 174 Å². The molecule has 1 fully saturated rings. The molecule has 0 aromatic heterocycles. The van der Waals surface area contributed by atoms with Gasteiger partial charge in [0.15, 0.2) is 5.96 Å². The Hall–Kier alpha value is -1.31.